The lowest BCUT2D eigenvalue weighted by Gasteiger charge is -2.21. The largest absolute Gasteiger partial charge is 0.507 e. The van der Waals surface area contributed by atoms with E-state index in [-0.39, 0.29) is 35.8 Å². The first-order chi connectivity index (χ1) is 15.2. The van der Waals surface area contributed by atoms with Crippen molar-refractivity contribution in [2.75, 3.05) is 7.11 Å². The molecule has 1 aromatic heterocycles. The van der Waals surface area contributed by atoms with Gasteiger partial charge in [-0.05, 0) is 48.7 Å². The number of phenols is 2. The highest BCUT2D eigenvalue weighted by Crippen LogP contribution is 2.36. The maximum absolute atomic E-state index is 13.5. The number of aromatic nitrogens is 1. The fraction of sp³-hybridized carbons (Fsp3) is 0.250. The predicted molar refractivity (Wildman–Crippen MR) is 123 cm³/mol. The molecule has 0 aliphatic rings. The molecule has 3 aromatic rings. The summed E-state index contributed by atoms with van der Waals surface area (Å²) in [5.41, 5.74) is 1.68. The van der Waals surface area contributed by atoms with Gasteiger partial charge in [-0.2, -0.15) is 0 Å². The van der Waals surface area contributed by atoms with E-state index in [2.05, 4.69) is 15.9 Å². The molecule has 2 aromatic carbocycles. The molecule has 0 spiro atoms. The molecule has 0 radical (unpaired) electrons. The van der Waals surface area contributed by atoms with Crippen LogP contribution in [0.3, 0.4) is 0 Å². The summed E-state index contributed by atoms with van der Waals surface area (Å²) in [5.74, 6) is -1.85. The van der Waals surface area contributed by atoms with E-state index in [9.17, 15) is 24.9 Å². The van der Waals surface area contributed by atoms with Gasteiger partial charge < -0.3 is 24.6 Å². The zero-order valence-electron chi connectivity index (χ0n) is 17.7. The number of aromatic hydroxyl groups is 3. The van der Waals surface area contributed by atoms with E-state index in [0.29, 0.717) is 22.2 Å². The van der Waals surface area contributed by atoms with Crippen LogP contribution in [-0.2, 0) is 22.5 Å². The number of phenolic OH excluding ortho intramolecular Hbond substituents is 2. The molecule has 0 unspecified atom stereocenters. The number of pyridine rings is 1. The Morgan fingerprint density at radius 1 is 1.06 bits per heavy atom. The third-order valence-electron chi connectivity index (χ3n) is 5.41. The van der Waals surface area contributed by atoms with Gasteiger partial charge in [-0.3, -0.25) is 9.59 Å². The first kappa shape index (κ1) is 23.4. The first-order valence-electron chi connectivity index (χ1n) is 9.98. The summed E-state index contributed by atoms with van der Waals surface area (Å²) >= 11 is 3.48. The number of esters is 1. The zero-order valence-corrected chi connectivity index (χ0v) is 19.3. The van der Waals surface area contributed by atoms with Gasteiger partial charge >= 0.3 is 5.97 Å². The third kappa shape index (κ3) is 4.96. The lowest BCUT2D eigenvalue weighted by Crippen LogP contribution is -2.29. The third-order valence-corrected chi connectivity index (χ3v) is 6.14. The molecular formula is C24H24BrNO6. The van der Waals surface area contributed by atoms with Crippen LogP contribution in [0.25, 0.3) is 0 Å². The van der Waals surface area contributed by atoms with Crippen molar-refractivity contribution < 1.29 is 24.9 Å². The minimum absolute atomic E-state index is 0.112. The Labute approximate surface area is 193 Å². The molecule has 3 N–H and O–H groups in total. The number of hydrogen-bond acceptors (Lipinski definition) is 6. The number of rotatable bonds is 7. The van der Waals surface area contributed by atoms with E-state index in [1.54, 1.807) is 31.2 Å². The summed E-state index contributed by atoms with van der Waals surface area (Å²) in [6.45, 7) is 2.00. The molecule has 1 heterocycles. The van der Waals surface area contributed by atoms with Gasteiger partial charge in [-0.1, -0.05) is 40.2 Å². The quantitative estimate of drug-likeness (QED) is 0.333. The Kier molecular flexibility index (Phi) is 7.25. The molecular weight excluding hydrogens is 478 g/mol. The summed E-state index contributed by atoms with van der Waals surface area (Å²) in [6.07, 6.45) is 0.298. The van der Waals surface area contributed by atoms with Crippen molar-refractivity contribution in [3.05, 3.63) is 85.7 Å². The Balaban J connectivity index is 2.06. The minimum atomic E-state index is -0.713. The van der Waals surface area contributed by atoms with Crippen LogP contribution in [0.4, 0.5) is 0 Å². The molecule has 0 saturated carbocycles. The molecule has 0 fully saturated rings. The number of aryl methyl sites for hydroxylation is 2. The second-order valence-electron chi connectivity index (χ2n) is 7.47. The number of halogens is 1. The Morgan fingerprint density at radius 2 is 1.78 bits per heavy atom. The van der Waals surface area contributed by atoms with Gasteiger partial charge in [0, 0.05) is 22.6 Å². The number of nitrogens with zero attached hydrogens (tertiary/aromatic N) is 1. The molecule has 0 aliphatic carbocycles. The van der Waals surface area contributed by atoms with E-state index in [1.807, 2.05) is 6.07 Å². The van der Waals surface area contributed by atoms with Gasteiger partial charge in [0.25, 0.3) is 5.56 Å². The fourth-order valence-electron chi connectivity index (χ4n) is 3.71. The minimum Gasteiger partial charge on any atom is -0.507 e. The molecule has 0 aliphatic heterocycles. The summed E-state index contributed by atoms with van der Waals surface area (Å²) in [5, 5.41) is 29.9. The summed E-state index contributed by atoms with van der Waals surface area (Å²) in [7, 11) is 1.28. The number of methoxy groups -OCH3 is 1. The van der Waals surface area contributed by atoms with E-state index in [4.69, 9.17) is 4.74 Å². The van der Waals surface area contributed by atoms with Crippen molar-refractivity contribution >= 4 is 21.9 Å². The van der Waals surface area contributed by atoms with Crippen LogP contribution in [0.5, 0.6) is 17.2 Å². The molecule has 0 amide bonds. The maximum atomic E-state index is 13.5. The van der Waals surface area contributed by atoms with E-state index in [1.165, 1.54) is 29.9 Å². The number of benzene rings is 2. The van der Waals surface area contributed by atoms with Crippen molar-refractivity contribution in [3.8, 4) is 17.2 Å². The van der Waals surface area contributed by atoms with Crippen molar-refractivity contribution in [3.63, 3.8) is 0 Å². The molecule has 168 valence electrons. The van der Waals surface area contributed by atoms with Crippen LogP contribution in [0.15, 0.2) is 57.8 Å². The molecule has 0 bridgehead atoms. The Bertz CT molecular complexity index is 1200. The maximum Gasteiger partial charge on any atom is 0.306 e. The second-order valence-corrected chi connectivity index (χ2v) is 8.32. The van der Waals surface area contributed by atoms with Gasteiger partial charge in [-0.15, -0.1) is 0 Å². The summed E-state index contributed by atoms with van der Waals surface area (Å²) in [6, 6.07) is 13.2. The van der Waals surface area contributed by atoms with Gasteiger partial charge in [0.05, 0.1) is 19.1 Å². The average molecular weight is 502 g/mol. The standard InChI is InChI=1S/C24H24BrNO6/c1-14-11-21(29)23(17(13-22(30)32-2)16-5-3-4-6-18(16)25)24(31)26(14)10-9-15-7-8-19(27)20(28)12-15/h3-8,11-12,17,27-29H,9-10,13H2,1-2H3/t17-/m0/s1. The van der Waals surface area contributed by atoms with E-state index >= 15 is 0 Å². The van der Waals surface area contributed by atoms with Crippen molar-refractivity contribution in [2.45, 2.75) is 32.2 Å². The summed E-state index contributed by atoms with van der Waals surface area (Å²) in [4.78, 5) is 25.6. The van der Waals surface area contributed by atoms with Crippen molar-refractivity contribution in [1.82, 2.24) is 4.57 Å². The molecule has 3 rings (SSSR count). The molecule has 1 atom stereocenters. The molecule has 8 heteroatoms. The van der Waals surface area contributed by atoms with Crippen LogP contribution in [0.2, 0.25) is 0 Å². The van der Waals surface area contributed by atoms with Gasteiger partial charge in [0.1, 0.15) is 5.75 Å². The second kappa shape index (κ2) is 9.91. The Morgan fingerprint density at radius 3 is 2.44 bits per heavy atom. The van der Waals surface area contributed by atoms with Gasteiger partial charge in [0.15, 0.2) is 11.5 Å². The lowest BCUT2D eigenvalue weighted by molar-refractivity contribution is -0.140. The Hall–Kier alpha value is -3.26. The van der Waals surface area contributed by atoms with Crippen molar-refractivity contribution in [2.24, 2.45) is 0 Å². The van der Waals surface area contributed by atoms with E-state index < -0.39 is 17.4 Å². The van der Waals surface area contributed by atoms with Crippen LogP contribution in [0, 0.1) is 6.92 Å². The van der Waals surface area contributed by atoms with Crippen molar-refractivity contribution in [1.29, 1.82) is 0 Å². The first-order valence-corrected chi connectivity index (χ1v) is 10.8. The predicted octanol–water partition coefficient (Wildman–Crippen LogP) is 3.97. The normalized spacial score (nSPS) is 11.8. The number of ether oxygens (including phenoxy) is 1. The smallest absolute Gasteiger partial charge is 0.306 e. The van der Waals surface area contributed by atoms with Gasteiger partial charge in [0.2, 0.25) is 0 Å². The number of hydrogen-bond donors (Lipinski definition) is 3. The highest BCUT2D eigenvalue weighted by Gasteiger charge is 2.27. The van der Waals surface area contributed by atoms with Crippen LogP contribution in [-0.4, -0.2) is 33.0 Å². The fourth-order valence-corrected chi connectivity index (χ4v) is 4.28. The topological polar surface area (TPSA) is 109 Å². The SMILES string of the molecule is COC(=O)C[C@@H](c1ccccc1Br)c1c(O)cc(C)n(CCc2ccc(O)c(O)c2)c1=O. The van der Waals surface area contributed by atoms with Crippen LogP contribution >= 0.6 is 15.9 Å². The monoisotopic (exact) mass is 501 g/mol. The number of carbonyl (C=O) groups is 1. The average Bonchev–Trinajstić information content (AvgIpc) is 2.75. The van der Waals surface area contributed by atoms with E-state index in [0.717, 1.165) is 5.56 Å². The number of carbonyl (C=O) groups excluding carboxylic acids is 1. The van der Waals surface area contributed by atoms with Crippen LogP contribution in [0.1, 0.15) is 34.7 Å². The highest BCUT2D eigenvalue weighted by molar-refractivity contribution is 9.10. The molecule has 0 saturated heterocycles. The van der Waals surface area contributed by atoms with Crippen LogP contribution < -0.4 is 5.56 Å². The molecule has 7 nitrogen and oxygen atoms in total. The van der Waals surface area contributed by atoms with Gasteiger partial charge in [-0.25, -0.2) is 0 Å². The molecule has 32 heavy (non-hydrogen) atoms. The summed E-state index contributed by atoms with van der Waals surface area (Å²) < 4.78 is 7.07. The highest BCUT2D eigenvalue weighted by atomic mass is 79.9. The zero-order chi connectivity index (χ0) is 23.4. The lowest BCUT2D eigenvalue weighted by atomic mass is 9.88.